The van der Waals surface area contributed by atoms with Crippen LogP contribution in [-0.4, -0.2) is 66.0 Å². The first kappa shape index (κ1) is 21.7. The van der Waals surface area contributed by atoms with Crippen molar-refractivity contribution in [1.82, 2.24) is 9.80 Å². The van der Waals surface area contributed by atoms with Gasteiger partial charge in [-0.15, -0.1) is 0 Å². The van der Waals surface area contributed by atoms with Crippen molar-refractivity contribution >= 4 is 33.4 Å². The SMILES string of the molecule is O=C1C(=O)N(CCN2CCOCC2)[C@H](c2ccccc2F)C1=C(O)c1ccc(Br)cc1. The zero-order valence-electron chi connectivity index (χ0n) is 16.8. The fourth-order valence-corrected chi connectivity index (χ4v) is 4.23. The summed E-state index contributed by atoms with van der Waals surface area (Å²) in [7, 11) is 0. The minimum atomic E-state index is -0.995. The van der Waals surface area contributed by atoms with Gasteiger partial charge in [-0.1, -0.05) is 46.3 Å². The third-order valence-electron chi connectivity index (χ3n) is 5.62. The van der Waals surface area contributed by atoms with E-state index >= 15 is 0 Å². The van der Waals surface area contributed by atoms with Crippen molar-refractivity contribution in [1.29, 1.82) is 0 Å². The maximum Gasteiger partial charge on any atom is 0.295 e. The first-order valence-corrected chi connectivity index (χ1v) is 10.9. The number of ether oxygens (including phenoxy) is 1. The third-order valence-corrected chi connectivity index (χ3v) is 6.15. The summed E-state index contributed by atoms with van der Waals surface area (Å²) in [5.41, 5.74) is 0.470. The van der Waals surface area contributed by atoms with Gasteiger partial charge in [0.15, 0.2) is 0 Å². The van der Waals surface area contributed by atoms with Crippen LogP contribution >= 0.6 is 15.9 Å². The van der Waals surface area contributed by atoms with E-state index in [0.717, 1.165) is 17.6 Å². The van der Waals surface area contributed by atoms with Crippen LogP contribution in [0.25, 0.3) is 5.76 Å². The largest absolute Gasteiger partial charge is 0.507 e. The number of morpholine rings is 1. The standard InChI is InChI=1S/C23H22BrFN2O4/c24-16-7-5-15(6-8-16)21(28)19-20(17-3-1-2-4-18(17)25)27(23(30)22(19)29)10-9-26-11-13-31-14-12-26/h1-8,20,28H,9-14H2/t20-/m1/s1. The molecule has 2 aromatic rings. The van der Waals surface area contributed by atoms with Gasteiger partial charge in [0.1, 0.15) is 11.6 Å². The number of carbonyl (C=O) groups excluding carboxylic acids is 2. The number of hydrogen-bond donors (Lipinski definition) is 1. The Morgan fingerprint density at radius 2 is 1.74 bits per heavy atom. The van der Waals surface area contributed by atoms with Crippen LogP contribution in [0.5, 0.6) is 0 Å². The highest BCUT2D eigenvalue weighted by Crippen LogP contribution is 2.40. The van der Waals surface area contributed by atoms with E-state index in [1.54, 1.807) is 42.5 Å². The first-order chi connectivity index (χ1) is 15.0. The Kier molecular flexibility index (Phi) is 6.50. The molecule has 2 aliphatic heterocycles. The minimum Gasteiger partial charge on any atom is -0.507 e. The van der Waals surface area contributed by atoms with Gasteiger partial charge >= 0.3 is 0 Å². The second-order valence-electron chi connectivity index (χ2n) is 7.47. The monoisotopic (exact) mass is 488 g/mol. The molecule has 2 aromatic carbocycles. The van der Waals surface area contributed by atoms with Crippen LogP contribution < -0.4 is 0 Å². The molecular weight excluding hydrogens is 467 g/mol. The molecule has 0 radical (unpaired) electrons. The predicted molar refractivity (Wildman–Crippen MR) is 117 cm³/mol. The van der Waals surface area contributed by atoms with E-state index in [-0.39, 0.29) is 23.4 Å². The maximum atomic E-state index is 14.8. The van der Waals surface area contributed by atoms with Gasteiger partial charge in [0.25, 0.3) is 11.7 Å². The number of hydrogen-bond acceptors (Lipinski definition) is 5. The molecule has 162 valence electrons. The van der Waals surface area contributed by atoms with Crippen LogP contribution in [0.1, 0.15) is 17.2 Å². The highest BCUT2D eigenvalue weighted by Gasteiger charge is 2.46. The minimum absolute atomic E-state index is 0.0978. The van der Waals surface area contributed by atoms with Gasteiger partial charge in [-0.3, -0.25) is 14.5 Å². The average Bonchev–Trinajstić information content (AvgIpc) is 3.03. The lowest BCUT2D eigenvalue weighted by Crippen LogP contribution is -2.42. The fraction of sp³-hybridized carbons (Fsp3) is 0.304. The summed E-state index contributed by atoms with van der Waals surface area (Å²) in [5.74, 6) is -2.39. The van der Waals surface area contributed by atoms with Gasteiger partial charge in [0, 0.05) is 41.8 Å². The number of benzene rings is 2. The summed E-state index contributed by atoms with van der Waals surface area (Å²) in [5, 5.41) is 11.0. The number of Topliss-reactive ketones (excluding diaryl/α,β-unsaturated/α-hetero) is 1. The number of rotatable bonds is 5. The number of ketones is 1. The Balaban J connectivity index is 1.75. The van der Waals surface area contributed by atoms with Crippen LogP contribution in [0, 0.1) is 5.82 Å². The van der Waals surface area contributed by atoms with E-state index in [4.69, 9.17) is 4.74 Å². The Bertz CT molecular complexity index is 1020. The summed E-state index contributed by atoms with van der Waals surface area (Å²) >= 11 is 3.34. The van der Waals surface area contributed by atoms with Gasteiger partial charge < -0.3 is 14.7 Å². The van der Waals surface area contributed by atoms with E-state index in [0.29, 0.717) is 25.3 Å². The normalized spacial score (nSPS) is 21.6. The molecule has 2 saturated heterocycles. The van der Waals surface area contributed by atoms with Crippen LogP contribution in [-0.2, 0) is 14.3 Å². The van der Waals surface area contributed by atoms with Gasteiger partial charge in [-0.25, -0.2) is 4.39 Å². The molecule has 4 rings (SSSR count). The molecule has 2 heterocycles. The molecule has 8 heteroatoms. The van der Waals surface area contributed by atoms with E-state index in [1.807, 2.05) is 0 Å². The number of nitrogens with zero attached hydrogens (tertiary/aromatic N) is 2. The van der Waals surface area contributed by atoms with Crippen LogP contribution in [0.4, 0.5) is 4.39 Å². The second kappa shape index (κ2) is 9.30. The summed E-state index contributed by atoms with van der Waals surface area (Å²) in [4.78, 5) is 29.4. The molecule has 6 nitrogen and oxygen atoms in total. The number of aliphatic hydroxyl groups is 1. The molecule has 0 aliphatic carbocycles. The zero-order valence-corrected chi connectivity index (χ0v) is 18.3. The average molecular weight is 489 g/mol. The molecule has 2 aliphatic rings. The fourth-order valence-electron chi connectivity index (χ4n) is 3.97. The molecule has 0 bridgehead atoms. The van der Waals surface area contributed by atoms with Gasteiger partial charge in [-0.05, 0) is 18.2 Å². The number of amides is 1. The van der Waals surface area contributed by atoms with Crippen LogP contribution in [0.15, 0.2) is 58.6 Å². The van der Waals surface area contributed by atoms with Gasteiger partial charge in [0.2, 0.25) is 0 Å². The molecule has 31 heavy (non-hydrogen) atoms. The predicted octanol–water partition coefficient (Wildman–Crippen LogP) is 3.34. The molecule has 0 spiro atoms. The van der Waals surface area contributed by atoms with Crippen molar-refractivity contribution < 1.29 is 23.8 Å². The lowest BCUT2D eigenvalue weighted by Gasteiger charge is -2.31. The molecule has 1 atom stereocenters. The summed E-state index contributed by atoms with van der Waals surface area (Å²) in [6, 6.07) is 11.8. The second-order valence-corrected chi connectivity index (χ2v) is 8.39. The Morgan fingerprint density at radius 3 is 2.42 bits per heavy atom. The summed E-state index contributed by atoms with van der Waals surface area (Å²) in [6.45, 7) is 3.44. The smallest absolute Gasteiger partial charge is 0.295 e. The van der Waals surface area contributed by atoms with Crippen molar-refractivity contribution in [2.24, 2.45) is 0 Å². The highest BCUT2D eigenvalue weighted by molar-refractivity contribution is 9.10. The van der Waals surface area contributed by atoms with Crippen molar-refractivity contribution in [3.8, 4) is 0 Å². The van der Waals surface area contributed by atoms with Gasteiger partial charge in [0.05, 0.1) is 24.8 Å². The highest BCUT2D eigenvalue weighted by atomic mass is 79.9. The van der Waals surface area contributed by atoms with Crippen molar-refractivity contribution in [2.45, 2.75) is 6.04 Å². The zero-order chi connectivity index (χ0) is 22.0. The number of carbonyl (C=O) groups is 2. The van der Waals surface area contributed by atoms with E-state index in [2.05, 4.69) is 20.8 Å². The Morgan fingerprint density at radius 1 is 1.06 bits per heavy atom. The third kappa shape index (κ3) is 4.42. The van der Waals surface area contributed by atoms with Crippen molar-refractivity contribution in [3.05, 3.63) is 75.5 Å². The Labute approximate surface area is 188 Å². The van der Waals surface area contributed by atoms with Crippen molar-refractivity contribution in [2.75, 3.05) is 39.4 Å². The maximum absolute atomic E-state index is 14.8. The summed E-state index contributed by atoms with van der Waals surface area (Å²) < 4.78 is 20.9. The van der Waals surface area contributed by atoms with Gasteiger partial charge in [-0.2, -0.15) is 0 Å². The lowest BCUT2D eigenvalue weighted by atomic mass is 9.95. The van der Waals surface area contributed by atoms with E-state index < -0.39 is 23.5 Å². The Hall–Kier alpha value is -2.55. The lowest BCUT2D eigenvalue weighted by molar-refractivity contribution is -0.140. The molecule has 0 saturated carbocycles. The van der Waals surface area contributed by atoms with E-state index in [1.165, 1.54) is 11.0 Å². The molecule has 2 fully saturated rings. The molecule has 0 aromatic heterocycles. The first-order valence-electron chi connectivity index (χ1n) is 10.1. The molecule has 1 N–H and O–H groups in total. The van der Waals surface area contributed by atoms with Crippen LogP contribution in [0.3, 0.4) is 0 Å². The molecule has 0 unspecified atom stereocenters. The molecular formula is C23H22BrFN2O4. The summed E-state index contributed by atoms with van der Waals surface area (Å²) in [6.07, 6.45) is 0. The number of likely N-dealkylation sites (tertiary alicyclic amines) is 1. The quantitative estimate of drug-likeness (QED) is 0.397. The number of halogens is 2. The molecule has 1 amide bonds. The van der Waals surface area contributed by atoms with E-state index in [9.17, 15) is 19.1 Å². The van der Waals surface area contributed by atoms with Crippen molar-refractivity contribution in [3.63, 3.8) is 0 Å². The topological polar surface area (TPSA) is 70.1 Å². The van der Waals surface area contributed by atoms with Crippen LogP contribution in [0.2, 0.25) is 0 Å². The number of aliphatic hydroxyl groups excluding tert-OH is 1.